The summed E-state index contributed by atoms with van der Waals surface area (Å²) >= 11 is 0. The van der Waals surface area contributed by atoms with Crippen molar-refractivity contribution >= 4 is 17.8 Å². The molecule has 0 bridgehead atoms. The second kappa shape index (κ2) is 9.67. The molecule has 8 heteroatoms. The summed E-state index contributed by atoms with van der Waals surface area (Å²) in [6.45, 7) is 6.65. The molecule has 0 saturated carbocycles. The van der Waals surface area contributed by atoms with Gasteiger partial charge in [0.25, 0.3) is 5.91 Å². The quantitative estimate of drug-likeness (QED) is 0.426. The molecular formula is C28H33NO7. The van der Waals surface area contributed by atoms with Crippen molar-refractivity contribution in [1.29, 1.82) is 0 Å². The third-order valence-corrected chi connectivity index (χ3v) is 7.79. The molecule has 1 aromatic carbocycles. The van der Waals surface area contributed by atoms with E-state index in [0.717, 1.165) is 23.5 Å². The lowest BCUT2D eigenvalue weighted by molar-refractivity contribution is -0.151. The normalized spacial score (nSPS) is 37.1. The molecule has 2 aliphatic heterocycles. The van der Waals surface area contributed by atoms with Crippen LogP contribution in [0, 0.1) is 17.8 Å². The number of carbonyl (C=O) groups excluding carboxylic acids is 3. The van der Waals surface area contributed by atoms with E-state index in [2.05, 4.69) is 5.32 Å². The molecule has 36 heavy (non-hydrogen) atoms. The zero-order chi connectivity index (χ0) is 26.3. The van der Waals surface area contributed by atoms with Crippen LogP contribution in [0.15, 0.2) is 66.0 Å². The number of benzene rings is 1. The van der Waals surface area contributed by atoms with E-state index in [1.165, 1.54) is 6.92 Å². The van der Waals surface area contributed by atoms with Crippen LogP contribution in [0.4, 0.5) is 4.79 Å². The van der Waals surface area contributed by atoms with Gasteiger partial charge < -0.3 is 25.0 Å². The number of cyclic esters (lactones) is 1. The SMILES string of the molecule is CC1=C(C)C2C(Cc3ccccc3)NC(=O)C23OC(=O)OC=CC(C)(O)C(=O)C(C)CC=CC3C1O. The zero-order valence-corrected chi connectivity index (χ0v) is 20.9. The molecule has 7 unspecified atom stereocenters. The molecule has 192 valence electrons. The Kier molecular flexibility index (Phi) is 6.94. The van der Waals surface area contributed by atoms with E-state index in [0.29, 0.717) is 12.0 Å². The van der Waals surface area contributed by atoms with E-state index < -0.39 is 58.9 Å². The molecule has 1 aliphatic carbocycles. The lowest BCUT2D eigenvalue weighted by atomic mass is 9.63. The van der Waals surface area contributed by atoms with Crippen molar-refractivity contribution in [3.8, 4) is 0 Å². The number of rotatable bonds is 2. The summed E-state index contributed by atoms with van der Waals surface area (Å²) in [6, 6.07) is 9.29. The Morgan fingerprint density at radius 1 is 1.11 bits per heavy atom. The van der Waals surface area contributed by atoms with Gasteiger partial charge in [-0.05, 0) is 50.8 Å². The van der Waals surface area contributed by atoms with Crippen molar-refractivity contribution in [1.82, 2.24) is 5.32 Å². The van der Waals surface area contributed by atoms with Crippen molar-refractivity contribution < 1.29 is 34.1 Å². The van der Waals surface area contributed by atoms with Crippen molar-refractivity contribution in [2.45, 2.75) is 63.9 Å². The first kappa shape index (κ1) is 25.9. The molecule has 0 aromatic heterocycles. The maximum Gasteiger partial charge on any atom is 0.514 e. The second-order valence-corrected chi connectivity index (χ2v) is 10.2. The largest absolute Gasteiger partial charge is 0.514 e. The average Bonchev–Trinajstić information content (AvgIpc) is 3.10. The molecule has 3 N–H and O–H groups in total. The summed E-state index contributed by atoms with van der Waals surface area (Å²) in [7, 11) is 0. The van der Waals surface area contributed by atoms with Crippen molar-refractivity contribution in [2.24, 2.45) is 17.8 Å². The monoisotopic (exact) mass is 495 g/mol. The van der Waals surface area contributed by atoms with E-state index in [1.807, 2.05) is 44.2 Å². The minimum absolute atomic E-state index is 0.262. The van der Waals surface area contributed by atoms with E-state index in [4.69, 9.17) is 9.47 Å². The van der Waals surface area contributed by atoms with E-state index in [1.54, 1.807) is 19.1 Å². The van der Waals surface area contributed by atoms with E-state index in [-0.39, 0.29) is 6.42 Å². The highest BCUT2D eigenvalue weighted by Gasteiger charge is 2.66. The molecular weight excluding hydrogens is 462 g/mol. The van der Waals surface area contributed by atoms with Crippen molar-refractivity contribution in [2.75, 3.05) is 0 Å². The van der Waals surface area contributed by atoms with Crippen molar-refractivity contribution in [3.05, 3.63) is 71.5 Å². The Morgan fingerprint density at radius 3 is 2.50 bits per heavy atom. The maximum atomic E-state index is 13.7. The lowest BCUT2D eigenvalue weighted by Crippen LogP contribution is -2.59. The fourth-order valence-corrected chi connectivity index (χ4v) is 5.73. The Labute approximate surface area is 210 Å². The number of ether oxygens (including phenoxy) is 2. The predicted octanol–water partition coefficient (Wildman–Crippen LogP) is 2.99. The van der Waals surface area contributed by atoms with Crippen LogP contribution in [-0.2, 0) is 25.5 Å². The number of Topliss-reactive ketones (excluding diaryl/α,β-unsaturated/α-hetero) is 1. The summed E-state index contributed by atoms with van der Waals surface area (Å²) < 4.78 is 10.9. The van der Waals surface area contributed by atoms with Gasteiger partial charge in [0, 0.05) is 12.0 Å². The topological polar surface area (TPSA) is 122 Å². The van der Waals surface area contributed by atoms with Gasteiger partial charge in [-0.1, -0.05) is 55.0 Å². The highest BCUT2D eigenvalue weighted by Crippen LogP contribution is 2.50. The minimum atomic E-state index is -1.85. The molecule has 1 saturated heterocycles. The Balaban J connectivity index is 1.82. The van der Waals surface area contributed by atoms with Gasteiger partial charge in [0.05, 0.1) is 24.2 Å². The molecule has 8 nitrogen and oxygen atoms in total. The van der Waals surface area contributed by atoms with Crippen LogP contribution in [0.25, 0.3) is 0 Å². The van der Waals surface area contributed by atoms with Crippen LogP contribution in [-0.4, -0.2) is 51.4 Å². The summed E-state index contributed by atoms with van der Waals surface area (Å²) in [4.78, 5) is 39.3. The summed E-state index contributed by atoms with van der Waals surface area (Å²) in [5.41, 5.74) is -1.13. The number of allylic oxidation sites excluding steroid dienone is 1. The van der Waals surface area contributed by atoms with Crippen LogP contribution in [0.5, 0.6) is 0 Å². The van der Waals surface area contributed by atoms with Gasteiger partial charge >= 0.3 is 6.16 Å². The average molecular weight is 496 g/mol. The molecule has 0 radical (unpaired) electrons. The number of nitrogens with one attached hydrogen (secondary N) is 1. The van der Waals surface area contributed by atoms with Crippen LogP contribution in [0.2, 0.25) is 0 Å². The smallest absolute Gasteiger partial charge is 0.416 e. The molecule has 1 aromatic rings. The van der Waals surface area contributed by atoms with Gasteiger partial charge in [0.15, 0.2) is 5.78 Å². The van der Waals surface area contributed by atoms with E-state index >= 15 is 0 Å². The lowest BCUT2D eigenvalue weighted by Gasteiger charge is -2.45. The third kappa shape index (κ3) is 4.40. The molecule has 1 fully saturated rings. The van der Waals surface area contributed by atoms with Crippen LogP contribution in [0.1, 0.15) is 39.7 Å². The number of carbonyl (C=O) groups is 3. The van der Waals surface area contributed by atoms with Gasteiger partial charge in [0.2, 0.25) is 5.60 Å². The van der Waals surface area contributed by atoms with Gasteiger partial charge in [-0.3, -0.25) is 9.59 Å². The number of hydrogen-bond acceptors (Lipinski definition) is 7. The number of aliphatic hydroxyl groups is 2. The Bertz CT molecular complexity index is 1140. The first-order chi connectivity index (χ1) is 17.0. The third-order valence-electron chi connectivity index (χ3n) is 7.79. The fraction of sp³-hybridized carbons (Fsp3) is 0.464. The molecule has 1 spiro atoms. The highest BCUT2D eigenvalue weighted by molar-refractivity contribution is 5.93. The first-order valence-electron chi connectivity index (χ1n) is 12.2. The highest BCUT2D eigenvalue weighted by atomic mass is 16.7. The maximum absolute atomic E-state index is 13.7. The van der Waals surface area contributed by atoms with Crippen LogP contribution in [0.3, 0.4) is 0 Å². The number of ketones is 1. The predicted molar refractivity (Wildman–Crippen MR) is 131 cm³/mol. The molecule has 7 atom stereocenters. The second-order valence-electron chi connectivity index (χ2n) is 10.2. The van der Waals surface area contributed by atoms with Crippen molar-refractivity contribution in [3.63, 3.8) is 0 Å². The Morgan fingerprint density at radius 2 is 1.81 bits per heavy atom. The minimum Gasteiger partial charge on any atom is -0.416 e. The summed E-state index contributed by atoms with van der Waals surface area (Å²) in [6.07, 6.45) is 3.84. The van der Waals surface area contributed by atoms with Gasteiger partial charge in [-0.2, -0.15) is 0 Å². The number of amides is 1. The number of aliphatic hydroxyl groups excluding tert-OH is 1. The van der Waals surface area contributed by atoms with Crippen LogP contribution < -0.4 is 5.32 Å². The van der Waals surface area contributed by atoms with Gasteiger partial charge in [-0.25, -0.2) is 4.79 Å². The van der Waals surface area contributed by atoms with Gasteiger partial charge in [0.1, 0.15) is 5.60 Å². The molecule has 1 amide bonds. The molecule has 2 heterocycles. The Hall–Kier alpha value is -3.23. The zero-order valence-electron chi connectivity index (χ0n) is 20.9. The first-order valence-corrected chi connectivity index (χ1v) is 12.2. The van der Waals surface area contributed by atoms with Crippen LogP contribution >= 0.6 is 0 Å². The molecule has 4 rings (SSSR count). The summed E-state index contributed by atoms with van der Waals surface area (Å²) in [5, 5.41) is 24.8. The fourth-order valence-electron chi connectivity index (χ4n) is 5.73. The van der Waals surface area contributed by atoms with Gasteiger partial charge in [-0.15, -0.1) is 0 Å². The van der Waals surface area contributed by atoms with E-state index in [9.17, 15) is 24.6 Å². The summed E-state index contributed by atoms with van der Waals surface area (Å²) in [5.74, 6) is -3.00. The number of hydrogen-bond donors (Lipinski definition) is 3. The molecule has 3 aliphatic rings. The standard InChI is InChI=1S/C28H33NO7/c1-16-9-8-12-20-23(30)18(3)17(2)22-21(15-19-10-6-5-7-11-19)29-25(32)28(20,22)36-26(33)35-14-13-27(4,34)24(16)31/h5-8,10-14,16,20-23,30,34H,9,15H2,1-4H3,(H,29,32).